The summed E-state index contributed by atoms with van der Waals surface area (Å²) in [4.78, 5) is 0.184. The van der Waals surface area contributed by atoms with Crippen LogP contribution in [0.15, 0.2) is 41.6 Å². The molecule has 0 bridgehead atoms. The predicted octanol–water partition coefficient (Wildman–Crippen LogP) is 2.66. The molecule has 2 aromatic heterocycles. The van der Waals surface area contributed by atoms with Gasteiger partial charge in [0, 0.05) is 46.1 Å². The predicted molar refractivity (Wildman–Crippen MR) is 82.0 cm³/mol. The highest BCUT2D eigenvalue weighted by Gasteiger charge is 2.23. The van der Waals surface area contributed by atoms with Crippen molar-refractivity contribution < 1.29 is 8.42 Å². The first-order valence-electron chi connectivity index (χ1n) is 6.38. The number of hydrogen-bond donors (Lipinski definition) is 0. The lowest BCUT2D eigenvalue weighted by Crippen LogP contribution is -2.02. The molecule has 0 amide bonds. The fourth-order valence-electron chi connectivity index (χ4n) is 2.65. The second-order valence-electron chi connectivity index (χ2n) is 4.98. The van der Waals surface area contributed by atoms with Crippen LogP contribution in [0, 0.1) is 6.92 Å². The molecule has 110 valence electrons. The lowest BCUT2D eigenvalue weighted by Gasteiger charge is -2.06. The highest BCUT2D eigenvalue weighted by atomic mass is 35.7. The van der Waals surface area contributed by atoms with E-state index in [0.717, 1.165) is 11.1 Å². The van der Waals surface area contributed by atoms with Crippen molar-refractivity contribution in [2.75, 3.05) is 0 Å². The first kappa shape index (κ1) is 14.2. The third-order valence-corrected chi connectivity index (χ3v) is 4.98. The Hall–Kier alpha value is -1.79. The van der Waals surface area contributed by atoms with Crippen molar-refractivity contribution in [1.29, 1.82) is 0 Å². The molecule has 7 heteroatoms. The minimum Gasteiger partial charge on any atom is -0.339 e. The molecule has 3 rings (SSSR count). The van der Waals surface area contributed by atoms with E-state index in [1.165, 1.54) is 0 Å². The number of aryl methyl sites for hydroxylation is 1. The summed E-state index contributed by atoms with van der Waals surface area (Å²) in [5.74, 6) is 0. The molecule has 1 aromatic carbocycles. The van der Waals surface area contributed by atoms with Gasteiger partial charge in [-0.2, -0.15) is 5.10 Å². The molecule has 0 fully saturated rings. The number of hydrogen-bond acceptors (Lipinski definition) is 3. The van der Waals surface area contributed by atoms with Crippen LogP contribution in [0.25, 0.3) is 10.9 Å². The fraction of sp³-hybridized carbons (Fsp3) is 0.214. The van der Waals surface area contributed by atoms with Crippen molar-refractivity contribution in [3.63, 3.8) is 0 Å². The van der Waals surface area contributed by atoms with Gasteiger partial charge in [-0.05, 0) is 13.0 Å². The maximum atomic E-state index is 11.9. The number of para-hydroxylation sites is 1. The van der Waals surface area contributed by atoms with Gasteiger partial charge in [0.1, 0.15) is 4.90 Å². The van der Waals surface area contributed by atoms with E-state index >= 15 is 0 Å². The van der Waals surface area contributed by atoms with Gasteiger partial charge in [0.05, 0.1) is 12.7 Å². The standard InChI is InChI=1S/C14H14ClN3O2S/c1-10-14(21(15,19)20)12-5-3-4-6-13(12)18(10)9-11-7-16-17(2)8-11/h3-8H,9H2,1-2H3. The van der Waals surface area contributed by atoms with Crippen LogP contribution in [0.1, 0.15) is 11.3 Å². The molecule has 0 N–H and O–H groups in total. The number of rotatable bonds is 3. The van der Waals surface area contributed by atoms with Crippen LogP contribution in [0.2, 0.25) is 0 Å². The maximum absolute atomic E-state index is 11.9. The van der Waals surface area contributed by atoms with E-state index in [-0.39, 0.29) is 4.90 Å². The Morgan fingerprint density at radius 3 is 2.62 bits per heavy atom. The van der Waals surface area contributed by atoms with Crippen LogP contribution in [-0.2, 0) is 22.6 Å². The highest BCUT2D eigenvalue weighted by Crippen LogP contribution is 2.32. The van der Waals surface area contributed by atoms with Crippen molar-refractivity contribution in [1.82, 2.24) is 14.3 Å². The summed E-state index contributed by atoms with van der Waals surface area (Å²) in [5.41, 5.74) is 2.48. The Kier molecular flexibility index (Phi) is 3.30. The summed E-state index contributed by atoms with van der Waals surface area (Å²) in [7, 11) is 3.66. The zero-order valence-electron chi connectivity index (χ0n) is 11.6. The zero-order valence-corrected chi connectivity index (χ0v) is 13.2. The topological polar surface area (TPSA) is 56.9 Å². The Labute approximate surface area is 127 Å². The van der Waals surface area contributed by atoms with Crippen molar-refractivity contribution in [2.24, 2.45) is 7.05 Å². The lowest BCUT2D eigenvalue weighted by atomic mass is 10.2. The molecule has 0 saturated carbocycles. The summed E-state index contributed by atoms with van der Waals surface area (Å²) in [5, 5.41) is 4.78. The molecule has 0 radical (unpaired) electrons. The quantitative estimate of drug-likeness (QED) is 0.696. The third kappa shape index (κ3) is 2.45. The van der Waals surface area contributed by atoms with E-state index in [9.17, 15) is 8.42 Å². The average molecular weight is 324 g/mol. The van der Waals surface area contributed by atoms with Gasteiger partial charge >= 0.3 is 0 Å². The summed E-state index contributed by atoms with van der Waals surface area (Å²) in [6.45, 7) is 2.32. The average Bonchev–Trinajstić information content (AvgIpc) is 2.92. The Balaban J connectivity index is 2.25. The minimum atomic E-state index is -3.80. The molecular weight excluding hydrogens is 310 g/mol. The van der Waals surface area contributed by atoms with Crippen LogP contribution in [0.4, 0.5) is 0 Å². The van der Waals surface area contributed by atoms with Crippen molar-refractivity contribution in [3.05, 3.63) is 47.9 Å². The largest absolute Gasteiger partial charge is 0.339 e. The maximum Gasteiger partial charge on any atom is 0.263 e. The van der Waals surface area contributed by atoms with Crippen molar-refractivity contribution >= 4 is 30.6 Å². The van der Waals surface area contributed by atoms with Crippen molar-refractivity contribution in [2.45, 2.75) is 18.4 Å². The van der Waals surface area contributed by atoms with Gasteiger partial charge in [-0.3, -0.25) is 4.68 Å². The summed E-state index contributed by atoms with van der Waals surface area (Å²) in [6.07, 6.45) is 3.67. The third-order valence-electron chi connectivity index (χ3n) is 3.52. The van der Waals surface area contributed by atoms with Crippen LogP contribution >= 0.6 is 10.7 Å². The van der Waals surface area contributed by atoms with Gasteiger partial charge in [-0.25, -0.2) is 8.42 Å². The molecule has 0 aliphatic carbocycles. The number of benzene rings is 1. The molecule has 0 saturated heterocycles. The Morgan fingerprint density at radius 2 is 2.00 bits per heavy atom. The Morgan fingerprint density at radius 1 is 1.29 bits per heavy atom. The van der Waals surface area contributed by atoms with Gasteiger partial charge in [0.25, 0.3) is 9.05 Å². The number of aromatic nitrogens is 3. The SMILES string of the molecule is Cc1c(S(=O)(=O)Cl)c2ccccc2n1Cc1cnn(C)c1. The van der Waals surface area contributed by atoms with Crippen LogP contribution < -0.4 is 0 Å². The van der Waals surface area contributed by atoms with E-state index in [4.69, 9.17) is 10.7 Å². The van der Waals surface area contributed by atoms with E-state index in [1.807, 2.05) is 36.0 Å². The molecule has 0 aliphatic rings. The minimum absolute atomic E-state index is 0.184. The Bertz CT molecular complexity index is 925. The first-order valence-corrected chi connectivity index (χ1v) is 8.69. The molecule has 0 unspecified atom stereocenters. The molecule has 2 heterocycles. The number of halogens is 1. The zero-order chi connectivity index (χ0) is 15.2. The van der Waals surface area contributed by atoms with Gasteiger partial charge in [0.2, 0.25) is 0 Å². The van der Waals surface area contributed by atoms with E-state index in [0.29, 0.717) is 17.6 Å². The van der Waals surface area contributed by atoms with Gasteiger partial charge in [-0.1, -0.05) is 18.2 Å². The molecule has 21 heavy (non-hydrogen) atoms. The molecule has 0 atom stereocenters. The van der Waals surface area contributed by atoms with E-state index in [2.05, 4.69) is 5.10 Å². The first-order chi connectivity index (χ1) is 9.88. The molecule has 3 aromatic rings. The molecule has 0 spiro atoms. The monoisotopic (exact) mass is 323 g/mol. The van der Waals surface area contributed by atoms with Gasteiger partial charge < -0.3 is 4.57 Å². The van der Waals surface area contributed by atoms with Crippen LogP contribution in [-0.4, -0.2) is 22.8 Å². The van der Waals surface area contributed by atoms with Crippen LogP contribution in [0.3, 0.4) is 0 Å². The van der Waals surface area contributed by atoms with E-state index < -0.39 is 9.05 Å². The molecular formula is C14H14ClN3O2S. The van der Waals surface area contributed by atoms with Crippen molar-refractivity contribution in [3.8, 4) is 0 Å². The number of nitrogens with zero attached hydrogens (tertiary/aromatic N) is 3. The summed E-state index contributed by atoms with van der Waals surface area (Å²) >= 11 is 0. The molecule has 0 aliphatic heterocycles. The van der Waals surface area contributed by atoms with Gasteiger partial charge in [-0.15, -0.1) is 0 Å². The normalized spacial score (nSPS) is 12.1. The summed E-state index contributed by atoms with van der Waals surface area (Å²) < 4.78 is 27.4. The smallest absolute Gasteiger partial charge is 0.263 e. The summed E-state index contributed by atoms with van der Waals surface area (Å²) in [6, 6.07) is 7.36. The second kappa shape index (κ2) is 4.89. The lowest BCUT2D eigenvalue weighted by molar-refractivity contribution is 0.609. The van der Waals surface area contributed by atoms with Gasteiger partial charge in [0.15, 0.2) is 0 Å². The van der Waals surface area contributed by atoms with E-state index in [1.54, 1.807) is 23.9 Å². The van der Waals surface area contributed by atoms with Crippen LogP contribution in [0.5, 0.6) is 0 Å². The molecule has 5 nitrogen and oxygen atoms in total. The highest BCUT2D eigenvalue weighted by molar-refractivity contribution is 8.14. The fourth-order valence-corrected chi connectivity index (χ4v) is 4.13. The second-order valence-corrected chi connectivity index (χ2v) is 7.48. The number of fused-ring (bicyclic) bond motifs is 1.